The minimum atomic E-state index is -0.331. The van der Waals surface area contributed by atoms with Gasteiger partial charge in [-0.3, -0.25) is 15.0 Å². The van der Waals surface area contributed by atoms with E-state index in [-0.39, 0.29) is 35.0 Å². The second kappa shape index (κ2) is 8.65. The molecule has 1 fully saturated rings. The monoisotopic (exact) mass is 417 g/mol. The van der Waals surface area contributed by atoms with E-state index in [1.165, 1.54) is 6.07 Å². The van der Waals surface area contributed by atoms with Gasteiger partial charge in [0.05, 0.1) is 11.7 Å². The number of halogens is 1. The molecule has 1 saturated heterocycles. The molecule has 2 aromatic rings. The third-order valence-electron chi connectivity index (χ3n) is 5.18. The number of benzene rings is 1. The molecule has 29 heavy (non-hydrogen) atoms. The molecule has 4 N–H and O–H groups in total. The summed E-state index contributed by atoms with van der Waals surface area (Å²) >= 11 is 6.02. The first-order valence-corrected chi connectivity index (χ1v) is 10.1. The van der Waals surface area contributed by atoms with E-state index in [1.54, 1.807) is 19.1 Å². The lowest BCUT2D eigenvalue weighted by molar-refractivity contribution is -0.123. The number of nitrogens with zero attached hydrogens (tertiary/aromatic N) is 1. The van der Waals surface area contributed by atoms with E-state index in [1.807, 2.05) is 12.1 Å². The minimum Gasteiger partial charge on any atom is -0.348 e. The van der Waals surface area contributed by atoms with Gasteiger partial charge in [-0.15, -0.1) is 0 Å². The zero-order valence-electron chi connectivity index (χ0n) is 17.2. The average Bonchev–Trinajstić information content (AvgIpc) is 3.11. The van der Waals surface area contributed by atoms with Crippen LogP contribution in [-0.4, -0.2) is 28.0 Å². The third kappa shape index (κ3) is 5.65. The molecule has 2 heterocycles. The van der Waals surface area contributed by atoms with Crippen LogP contribution >= 0.6 is 11.6 Å². The van der Waals surface area contributed by atoms with Gasteiger partial charge < -0.3 is 10.3 Å². The lowest BCUT2D eigenvalue weighted by Gasteiger charge is -2.26. The summed E-state index contributed by atoms with van der Waals surface area (Å²) in [4.78, 5) is 31.8. The van der Waals surface area contributed by atoms with Crippen molar-refractivity contribution in [3.63, 3.8) is 0 Å². The van der Waals surface area contributed by atoms with Gasteiger partial charge in [0.15, 0.2) is 0 Å². The molecule has 1 aliphatic heterocycles. The van der Waals surface area contributed by atoms with Crippen molar-refractivity contribution in [2.24, 2.45) is 5.41 Å². The van der Waals surface area contributed by atoms with Crippen molar-refractivity contribution < 1.29 is 4.79 Å². The molecule has 156 valence electrons. The van der Waals surface area contributed by atoms with Crippen molar-refractivity contribution in [1.82, 2.24) is 26.1 Å². The molecule has 0 saturated carbocycles. The summed E-state index contributed by atoms with van der Waals surface area (Å²) in [6, 6.07) is 8.34. The quantitative estimate of drug-likeness (QED) is 0.598. The largest absolute Gasteiger partial charge is 0.348 e. The molecule has 8 heteroatoms. The Kier molecular flexibility index (Phi) is 6.41. The standard InChI is InChI=1S/C21H28ClN5O2/c1-12-23-15(10-19(28)24-12)9-16(13-5-7-14(22)8-6-13)25-20(29)17-11-18(27-26-17)21(2,3)4/h5-8,10,16-18,26-27H,9,11H2,1-4H3,(H,25,29)(H,23,24,28). The maximum atomic E-state index is 13.0. The van der Waals surface area contributed by atoms with Crippen LogP contribution in [-0.2, 0) is 11.2 Å². The Morgan fingerprint density at radius 2 is 1.97 bits per heavy atom. The molecule has 3 rings (SSSR count). The number of carbonyl (C=O) groups excluding carboxylic acids is 1. The predicted octanol–water partition coefficient (Wildman–Crippen LogP) is 2.41. The highest BCUT2D eigenvalue weighted by atomic mass is 35.5. The highest BCUT2D eigenvalue weighted by molar-refractivity contribution is 6.30. The Bertz CT molecular complexity index is 920. The fourth-order valence-electron chi connectivity index (χ4n) is 3.47. The number of aromatic nitrogens is 2. The molecule has 1 aliphatic rings. The summed E-state index contributed by atoms with van der Waals surface area (Å²) in [7, 11) is 0. The number of carbonyl (C=O) groups is 1. The molecular weight excluding hydrogens is 390 g/mol. The lowest BCUT2D eigenvalue weighted by atomic mass is 9.84. The van der Waals surface area contributed by atoms with Crippen LogP contribution in [0.15, 0.2) is 35.1 Å². The lowest BCUT2D eigenvalue weighted by Crippen LogP contribution is -2.45. The summed E-state index contributed by atoms with van der Waals surface area (Å²) in [5, 5.41) is 3.74. The zero-order chi connectivity index (χ0) is 21.2. The Balaban J connectivity index is 1.79. The second-order valence-corrected chi connectivity index (χ2v) is 9.07. The molecule has 0 spiro atoms. The maximum absolute atomic E-state index is 13.0. The molecule has 7 nitrogen and oxygen atoms in total. The van der Waals surface area contributed by atoms with Crippen LogP contribution in [0.4, 0.5) is 0 Å². The SMILES string of the molecule is Cc1nc(CC(NC(=O)C2CC(C(C)(C)C)NN2)c2ccc(Cl)cc2)cc(=O)[nH]1. The van der Waals surface area contributed by atoms with E-state index in [0.717, 1.165) is 5.56 Å². The first-order valence-electron chi connectivity index (χ1n) is 9.75. The zero-order valence-corrected chi connectivity index (χ0v) is 17.9. The fourth-order valence-corrected chi connectivity index (χ4v) is 3.60. The second-order valence-electron chi connectivity index (χ2n) is 8.63. The number of aryl methyl sites for hydroxylation is 1. The molecule has 1 aromatic carbocycles. The van der Waals surface area contributed by atoms with Crippen molar-refractivity contribution in [2.75, 3.05) is 0 Å². The van der Waals surface area contributed by atoms with Crippen LogP contribution in [0.25, 0.3) is 0 Å². The highest BCUT2D eigenvalue weighted by Gasteiger charge is 2.36. The van der Waals surface area contributed by atoms with Gasteiger partial charge in [-0.1, -0.05) is 44.5 Å². The Hall–Kier alpha value is -2.22. The van der Waals surface area contributed by atoms with E-state index in [2.05, 4.69) is 46.9 Å². The van der Waals surface area contributed by atoms with Crippen molar-refractivity contribution >= 4 is 17.5 Å². The Morgan fingerprint density at radius 3 is 2.55 bits per heavy atom. The van der Waals surface area contributed by atoms with Gasteiger partial charge in [0.25, 0.3) is 5.56 Å². The molecule has 1 aromatic heterocycles. The van der Waals surface area contributed by atoms with E-state index in [9.17, 15) is 9.59 Å². The van der Waals surface area contributed by atoms with E-state index in [4.69, 9.17) is 11.6 Å². The molecule has 1 amide bonds. The van der Waals surface area contributed by atoms with Gasteiger partial charge >= 0.3 is 0 Å². The predicted molar refractivity (Wildman–Crippen MR) is 114 cm³/mol. The van der Waals surface area contributed by atoms with Crippen molar-refractivity contribution in [1.29, 1.82) is 0 Å². The summed E-state index contributed by atoms with van der Waals surface area (Å²) in [6.07, 6.45) is 1.10. The Labute approximate surface area is 175 Å². The van der Waals surface area contributed by atoms with Gasteiger partial charge in [-0.25, -0.2) is 10.4 Å². The number of amides is 1. The van der Waals surface area contributed by atoms with E-state index in [0.29, 0.717) is 29.4 Å². The van der Waals surface area contributed by atoms with Gasteiger partial charge in [0, 0.05) is 23.6 Å². The van der Waals surface area contributed by atoms with Crippen molar-refractivity contribution in [3.8, 4) is 0 Å². The Morgan fingerprint density at radius 1 is 1.28 bits per heavy atom. The van der Waals surface area contributed by atoms with Crippen LogP contribution in [0.3, 0.4) is 0 Å². The molecular formula is C21H28ClN5O2. The van der Waals surface area contributed by atoms with Crippen molar-refractivity contribution in [2.45, 2.75) is 58.7 Å². The number of rotatable bonds is 5. The summed E-state index contributed by atoms with van der Waals surface area (Å²) in [5.74, 6) is 0.453. The normalized spacial score (nSPS) is 20.4. The average molecular weight is 418 g/mol. The number of nitrogens with one attached hydrogen (secondary N) is 4. The van der Waals surface area contributed by atoms with Crippen LogP contribution < -0.4 is 21.7 Å². The van der Waals surface area contributed by atoms with Crippen molar-refractivity contribution in [3.05, 3.63) is 62.8 Å². The highest BCUT2D eigenvalue weighted by Crippen LogP contribution is 2.26. The van der Waals surface area contributed by atoms with Crippen LogP contribution in [0.1, 0.15) is 50.3 Å². The van der Waals surface area contributed by atoms with Gasteiger partial charge in [0.2, 0.25) is 5.91 Å². The van der Waals surface area contributed by atoms with Gasteiger partial charge in [0.1, 0.15) is 11.9 Å². The number of hydrogen-bond donors (Lipinski definition) is 4. The number of H-pyrrole nitrogens is 1. The number of hydrazine groups is 1. The smallest absolute Gasteiger partial charge is 0.251 e. The number of aromatic amines is 1. The summed E-state index contributed by atoms with van der Waals surface area (Å²) in [6.45, 7) is 8.17. The van der Waals surface area contributed by atoms with E-state index < -0.39 is 0 Å². The van der Waals surface area contributed by atoms with E-state index >= 15 is 0 Å². The van der Waals surface area contributed by atoms with Gasteiger partial charge in [-0.05, 0) is 36.5 Å². The third-order valence-corrected chi connectivity index (χ3v) is 5.43. The minimum absolute atomic E-state index is 0.0458. The molecule has 0 bridgehead atoms. The van der Waals surface area contributed by atoms with Crippen LogP contribution in [0.5, 0.6) is 0 Å². The first kappa shape index (κ1) is 21.5. The maximum Gasteiger partial charge on any atom is 0.251 e. The van der Waals surface area contributed by atoms with Gasteiger partial charge in [-0.2, -0.15) is 0 Å². The van der Waals surface area contributed by atoms with Crippen LogP contribution in [0, 0.1) is 12.3 Å². The molecule has 0 aliphatic carbocycles. The molecule has 3 unspecified atom stereocenters. The van der Waals surface area contributed by atoms with Crippen LogP contribution in [0.2, 0.25) is 5.02 Å². The fraction of sp³-hybridized carbons (Fsp3) is 0.476. The topological polar surface area (TPSA) is 98.9 Å². The first-order chi connectivity index (χ1) is 13.6. The molecule has 3 atom stereocenters. The molecule has 0 radical (unpaired) electrons. The summed E-state index contributed by atoms with van der Waals surface area (Å²) < 4.78 is 0. The number of hydrogen-bond acceptors (Lipinski definition) is 5. The summed E-state index contributed by atoms with van der Waals surface area (Å²) in [5.41, 5.74) is 7.70.